The molecule has 4 aromatic rings. The minimum Gasteiger partial charge on any atom is -0.310 e. The highest BCUT2D eigenvalue weighted by Crippen LogP contribution is 2.31. The second-order valence-corrected chi connectivity index (χ2v) is 7.99. The SMILES string of the molecule is CC[C@H](C(=O)Nc1cc(-c2ccccc2)nn1-c1cc(Cl)ccc1Cl)c1ccccc1. The van der Waals surface area contributed by atoms with E-state index >= 15 is 0 Å². The predicted molar refractivity (Wildman–Crippen MR) is 127 cm³/mol. The monoisotopic (exact) mass is 449 g/mol. The lowest BCUT2D eigenvalue weighted by atomic mass is 9.96. The lowest BCUT2D eigenvalue weighted by molar-refractivity contribution is -0.117. The Kier molecular flexibility index (Phi) is 6.40. The first-order chi connectivity index (χ1) is 15.1. The number of aromatic nitrogens is 2. The van der Waals surface area contributed by atoms with Gasteiger partial charge < -0.3 is 5.32 Å². The number of nitrogens with zero attached hydrogens (tertiary/aromatic N) is 2. The van der Waals surface area contributed by atoms with Crippen molar-refractivity contribution >= 4 is 34.9 Å². The van der Waals surface area contributed by atoms with E-state index in [1.54, 1.807) is 22.9 Å². The van der Waals surface area contributed by atoms with Crippen molar-refractivity contribution in [3.05, 3.63) is 101 Å². The van der Waals surface area contributed by atoms with Crippen LogP contribution in [0.15, 0.2) is 84.9 Å². The Balaban J connectivity index is 1.76. The molecule has 4 rings (SSSR count). The lowest BCUT2D eigenvalue weighted by Crippen LogP contribution is -2.22. The molecule has 0 aliphatic rings. The van der Waals surface area contributed by atoms with Crippen LogP contribution in [0.4, 0.5) is 5.82 Å². The number of carbonyl (C=O) groups excluding carboxylic acids is 1. The van der Waals surface area contributed by atoms with Crippen LogP contribution in [0.25, 0.3) is 16.9 Å². The molecular formula is C25H21Cl2N3O. The summed E-state index contributed by atoms with van der Waals surface area (Å²) in [6, 6.07) is 26.5. The van der Waals surface area contributed by atoms with Crippen LogP contribution >= 0.6 is 23.2 Å². The van der Waals surface area contributed by atoms with Crippen LogP contribution in [0.3, 0.4) is 0 Å². The molecule has 0 saturated heterocycles. The fourth-order valence-corrected chi connectivity index (χ4v) is 3.89. The van der Waals surface area contributed by atoms with Gasteiger partial charge in [-0.25, -0.2) is 4.68 Å². The fraction of sp³-hybridized carbons (Fsp3) is 0.120. The first-order valence-corrected chi connectivity index (χ1v) is 10.8. The molecule has 4 nitrogen and oxygen atoms in total. The molecule has 0 aliphatic heterocycles. The summed E-state index contributed by atoms with van der Waals surface area (Å²) in [4.78, 5) is 13.2. The molecule has 0 spiro atoms. The Hall–Kier alpha value is -3.08. The average molecular weight is 450 g/mol. The number of amides is 1. The number of nitrogens with one attached hydrogen (secondary N) is 1. The van der Waals surface area contributed by atoms with Crippen molar-refractivity contribution in [2.24, 2.45) is 0 Å². The summed E-state index contributed by atoms with van der Waals surface area (Å²) in [5, 5.41) is 8.79. The number of benzene rings is 3. The lowest BCUT2D eigenvalue weighted by Gasteiger charge is -2.16. The summed E-state index contributed by atoms with van der Waals surface area (Å²) >= 11 is 12.7. The van der Waals surface area contributed by atoms with E-state index in [0.717, 1.165) is 16.8 Å². The molecule has 1 amide bonds. The van der Waals surface area contributed by atoms with Crippen LogP contribution in [0.5, 0.6) is 0 Å². The summed E-state index contributed by atoms with van der Waals surface area (Å²) in [6.07, 6.45) is 0.674. The Bertz CT molecular complexity index is 1190. The van der Waals surface area contributed by atoms with Gasteiger partial charge in [0.15, 0.2) is 0 Å². The van der Waals surface area contributed by atoms with Gasteiger partial charge in [0, 0.05) is 16.7 Å². The van der Waals surface area contributed by atoms with E-state index in [2.05, 4.69) is 5.32 Å². The second kappa shape index (κ2) is 9.38. The zero-order valence-electron chi connectivity index (χ0n) is 16.9. The number of hydrogen-bond donors (Lipinski definition) is 1. The third-order valence-corrected chi connectivity index (χ3v) is 5.65. The number of anilines is 1. The molecule has 0 aliphatic carbocycles. The van der Waals surface area contributed by atoms with E-state index in [1.165, 1.54) is 0 Å². The largest absolute Gasteiger partial charge is 0.310 e. The normalized spacial score (nSPS) is 11.8. The summed E-state index contributed by atoms with van der Waals surface area (Å²) in [5.74, 6) is 0.148. The molecule has 1 N–H and O–H groups in total. The van der Waals surface area contributed by atoms with Crippen LogP contribution in [0.2, 0.25) is 10.0 Å². The minimum atomic E-state index is -0.278. The summed E-state index contributed by atoms with van der Waals surface area (Å²) in [6.45, 7) is 2.00. The highest BCUT2D eigenvalue weighted by atomic mass is 35.5. The van der Waals surface area contributed by atoms with E-state index in [-0.39, 0.29) is 11.8 Å². The fourth-order valence-electron chi connectivity index (χ4n) is 3.52. The zero-order valence-corrected chi connectivity index (χ0v) is 18.4. The van der Waals surface area contributed by atoms with Gasteiger partial charge in [-0.05, 0) is 30.2 Å². The molecule has 0 bridgehead atoms. The van der Waals surface area contributed by atoms with E-state index in [9.17, 15) is 4.79 Å². The topological polar surface area (TPSA) is 46.9 Å². The molecule has 1 atom stereocenters. The molecule has 0 unspecified atom stereocenters. The van der Waals surface area contributed by atoms with Crippen LogP contribution in [-0.2, 0) is 4.79 Å². The molecule has 3 aromatic carbocycles. The van der Waals surface area contributed by atoms with Gasteiger partial charge in [0.05, 0.1) is 22.3 Å². The van der Waals surface area contributed by atoms with Crippen molar-refractivity contribution in [1.29, 1.82) is 0 Å². The van der Waals surface area contributed by atoms with Crippen molar-refractivity contribution in [2.45, 2.75) is 19.3 Å². The standard InChI is InChI=1S/C25H21Cl2N3O/c1-2-20(17-9-5-3-6-10-17)25(31)28-24-16-22(18-11-7-4-8-12-18)29-30(24)23-15-19(26)13-14-21(23)27/h3-16,20H,2H2,1H3,(H,28,31)/t20-/m0/s1. The number of rotatable bonds is 6. The van der Waals surface area contributed by atoms with Crippen molar-refractivity contribution < 1.29 is 4.79 Å². The van der Waals surface area contributed by atoms with Gasteiger partial charge in [-0.2, -0.15) is 5.10 Å². The first-order valence-electron chi connectivity index (χ1n) is 10.0. The molecular weight excluding hydrogens is 429 g/mol. The molecule has 156 valence electrons. The third kappa shape index (κ3) is 4.66. The highest BCUT2D eigenvalue weighted by molar-refractivity contribution is 6.34. The Morgan fingerprint density at radius 3 is 2.32 bits per heavy atom. The minimum absolute atomic E-state index is 0.104. The number of carbonyl (C=O) groups is 1. The maximum Gasteiger partial charge on any atom is 0.233 e. The van der Waals surface area contributed by atoms with Crippen LogP contribution in [-0.4, -0.2) is 15.7 Å². The van der Waals surface area contributed by atoms with Crippen molar-refractivity contribution in [1.82, 2.24) is 9.78 Å². The second-order valence-electron chi connectivity index (χ2n) is 7.15. The molecule has 0 fully saturated rings. The Morgan fingerprint density at radius 1 is 0.968 bits per heavy atom. The van der Waals surface area contributed by atoms with Gasteiger partial charge in [0.2, 0.25) is 5.91 Å². The summed E-state index contributed by atoms with van der Waals surface area (Å²) in [7, 11) is 0. The van der Waals surface area contributed by atoms with Crippen molar-refractivity contribution in [3.8, 4) is 16.9 Å². The maximum atomic E-state index is 13.2. The summed E-state index contributed by atoms with van der Waals surface area (Å²) < 4.78 is 1.63. The van der Waals surface area contributed by atoms with E-state index < -0.39 is 0 Å². The third-order valence-electron chi connectivity index (χ3n) is 5.09. The van der Waals surface area contributed by atoms with Gasteiger partial charge in [-0.3, -0.25) is 4.79 Å². The maximum absolute atomic E-state index is 13.2. The molecule has 0 radical (unpaired) electrons. The van der Waals surface area contributed by atoms with Gasteiger partial charge in [0.25, 0.3) is 0 Å². The van der Waals surface area contributed by atoms with Gasteiger partial charge in [0.1, 0.15) is 5.82 Å². The van der Waals surface area contributed by atoms with Crippen LogP contribution < -0.4 is 5.32 Å². The van der Waals surface area contributed by atoms with Crippen LogP contribution in [0, 0.1) is 0 Å². The van der Waals surface area contributed by atoms with Crippen LogP contribution in [0.1, 0.15) is 24.8 Å². The number of hydrogen-bond acceptors (Lipinski definition) is 2. The highest BCUT2D eigenvalue weighted by Gasteiger charge is 2.22. The quantitative estimate of drug-likeness (QED) is 0.345. The Labute approximate surface area is 191 Å². The smallest absolute Gasteiger partial charge is 0.233 e. The zero-order chi connectivity index (χ0) is 21.8. The molecule has 6 heteroatoms. The van der Waals surface area contributed by atoms with Gasteiger partial charge in [-0.1, -0.05) is 90.8 Å². The number of halogens is 2. The molecule has 1 aromatic heterocycles. The predicted octanol–water partition coefficient (Wildman–Crippen LogP) is 6.98. The van der Waals surface area contributed by atoms with E-state index in [4.69, 9.17) is 28.3 Å². The Morgan fingerprint density at radius 2 is 1.65 bits per heavy atom. The van der Waals surface area contributed by atoms with E-state index in [0.29, 0.717) is 28.0 Å². The first kappa shape index (κ1) is 21.2. The molecule has 1 heterocycles. The summed E-state index contributed by atoms with van der Waals surface area (Å²) in [5.41, 5.74) is 3.22. The van der Waals surface area contributed by atoms with Crippen molar-refractivity contribution in [2.75, 3.05) is 5.32 Å². The van der Waals surface area contributed by atoms with Gasteiger partial charge >= 0.3 is 0 Å². The van der Waals surface area contributed by atoms with E-state index in [1.807, 2.05) is 73.7 Å². The average Bonchev–Trinajstić information content (AvgIpc) is 3.21. The van der Waals surface area contributed by atoms with Gasteiger partial charge in [-0.15, -0.1) is 0 Å². The molecule has 0 saturated carbocycles. The van der Waals surface area contributed by atoms with Crippen molar-refractivity contribution in [3.63, 3.8) is 0 Å². The molecule has 31 heavy (non-hydrogen) atoms.